The van der Waals surface area contributed by atoms with E-state index in [0.29, 0.717) is 40.2 Å². The monoisotopic (exact) mass is 475 g/mol. The summed E-state index contributed by atoms with van der Waals surface area (Å²) >= 11 is 0. The van der Waals surface area contributed by atoms with Crippen LogP contribution in [0.3, 0.4) is 0 Å². The highest BCUT2D eigenvalue weighted by atomic mass is 32.2. The zero-order valence-corrected chi connectivity index (χ0v) is 19.3. The topological polar surface area (TPSA) is 158 Å². The van der Waals surface area contributed by atoms with Gasteiger partial charge in [0, 0.05) is 25.2 Å². The molecule has 11 heteroatoms. The van der Waals surface area contributed by atoms with Gasteiger partial charge in [-0.1, -0.05) is 0 Å². The van der Waals surface area contributed by atoms with Crippen LogP contribution in [-0.2, 0) is 23.2 Å². The molecule has 4 rings (SSSR count). The molecule has 0 saturated carbocycles. The molecule has 0 aliphatic carbocycles. The van der Waals surface area contributed by atoms with E-state index in [4.69, 9.17) is 15.1 Å². The first-order chi connectivity index (χ1) is 16.2. The smallest absolute Gasteiger partial charge is 0.277 e. The van der Waals surface area contributed by atoms with Crippen molar-refractivity contribution in [2.24, 2.45) is 5.14 Å². The molecular weight excluding hydrogens is 454 g/mol. The van der Waals surface area contributed by atoms with Crippen LogP contribution in [0.15, 0.2) is 36.4 Å². The largest absolute Gasteiger partial charge is 0.438 e. The number of rotatable bonds is 5. The Bertz CT molecular complexity index is 1430. The quantitative estimate of drug-likeness (QED) is 0.570. The van der Waals surface area contributed by atoms with E-state index in [9.17, 15) is 13.7 Å². The van der Waals surface area contributed by atoms with Crippen molar-refractivity contribution in [1.29, 1.82) is 10.5 Å². The molecule has 0 fully saturated rings. The number of aryl methyl sites for hydroxylation is 2. The number of hydrogen-bond acceptors (Lipinski definition) is 8. The van der Waals surface area contributed by atoms with E-state index < -0.39 is 10.2 Å². The van der Waals surface area contributed by atoms with Crippen molar-refractivity contribution in [3.05, 3.63) is 69.9 Å². The molecule has 1 aromatic heterocycles. The number of hydrogen-bond donors (Lipinski definition) is 2. The van der Waals surface area contributed by atoms with E-state index in [-0.39, 0.29) is 24.9 Å². The SMILES string of the molecule is Cc1cc(C#N)cc(C)c1Oc1nc(Nc2ccc(C#N)cc2)nc2c1CN(S(N)(=O)=O)CC2. The molecule has 172 valence electrons. The fourth-order valence-corrected chi connectivity index (χ4v) is 4.40. The van der Waals surface area contributed by atoms with Crippen LogP contribution in [0.25, 0.3) is 0 Å². The minimum absolute atomic E-state index is 0.0188. The van der Waals surface area contributed by atoms with Crippen LogP contribution in [0.4, 0.5) is 11.6 Å². The third-order valence-electron chi connectivity index (χ3n) is 5.41. The summed E-state index contributed by atoms with van der Waals surface area (Å²) in [5.74, 6) is 0.994. The summed E-state index contributed by atoms with van der Waals surface area (Å²) in [6.45, 7) is 3.81. The lowest BCUT2D eigenvalue weighted by atomic mass is 10.1. The lowest BCUT2D eigenvalue weighted by molar-refractivity contribution is 0.369. The van der Waals surface area contributed by atoms with Crippen LogP contribution in [0, 0.1) is 36.5 Å². The molecule has 3 N–H and O–H groups in total. The maximum Gasteiger partial charge on any atom is 0.277 e. The van der Waals surface area contributed by atoms with Gasteiger partial charge in [0.1, 0.15) is 5.75 Å². The van der Waals surface area contributed by atoms with Crippen molar-refractivity contribution in [3.8, 4) is 23.8 Å². The van der Waals surface area contributed by atoms with E-state index in [1.54, 1.807) is 36.4 Å². The molecule has 0 bridgehead atoms. The summed E-state index contributed by atoms with van der Waals surface area (Å²) in [5.41, 5.74) is 4.36. The summed E-state index contributed by atoms with van der Waals surface area (Å²) in [6, 6.07) is 14.4. The zero-order valence-electron chi connectivity index (χ0n) is 18.5. The van der Waals surface area contributed by atoms with E-state index >= 15 is 0 Å². The Kier molecular flexibility index (Phi) is 6.18. The van der Waals surface area contributed by atoms with Crippen molar-refractivity contribution in [2.75, 3.05) is 11.9 Å². The predicted octanol–water partition coefficient (Wildman–Crippen LogP) is 2.93. The lowest BCUT2D eigenvalue weighted by Crippen LogP contribution is -2.40. The highest BCUT2D eigenvalue weighted by molar-refractivity contribution is 7.86. The van der Waals surface area contributed by atoms with Gasteiger partial charge in [-0.15, -0.1) is 0 Å². The van der Waals surface area contributed by atoms with Crippen molar-refractivity contribution >= 4 is 21.8 Å². The van der Waals surface area contributed by atoms with E-state index in [1.807, 2.05) is 13.8 Å². The number of nitriles is 2. The Morgan fingerprint density at radius 1 is 1.06 bits per heavy atom. The molecule has 1 aliphatic heterocycles. The Hall–Kier alpha value is -4.03. The Morgan fingerprint density at radius 3 is 2.29 bits per heavy atom. The van der Waals surface area contributed by atoms with Gasteiger partial charge < -0.3 is 10.1 Å². The highest BCUT2D eigenvalue weighted by Crippen LogP contribution is 2.35. The van der Waals surface area contributed by atoms with Gasteiger partial charge in [-0.25, -0.2) is 10.1 Å². The first-order valence-electron chi connectivity index (χ1n) is 10.3. The third-order valence-corrected chi connectivity index (χ3v) is 6.44. The zero-order chi connectivity index (χ0) is 24.5. The van der Waals surface area contributed by atoms with Crippen molar-refractivity contribution in [3.63, 3.8) is 0 Å². The van der Waals surface area contributed by atoms with E-state index in [2.05, 4.69) is 27.4 Å². The maximum absolute atomic E-state index is 12.0. The van der Waals surface area contributed by atoms with Crippen LogP contribution >= 0.6 is 0 Å². The molecule has 2 heterocycles. The Balaban J connectivity index is 1.77. The molecule has 0 radical (unpaired) electrons. The normalized spacial score (nSPS) is 13.4. The number of aromatic nitrogens is 2. The molecule has 0 amide bonds. The standard InChI is InChI=1S/C23H21N7O3S/c1-14-9-17(12-25)10-15(2)21(14)33-22-19-13-30(34(26,31)32)8-7-20(19)28-23(29-22)27-18-5-3-16(11-24)4-6-18/h3-6,9-10H,7-8,13H2,1-2H3,(H2,26,31,32)(H,27,28,29). The van der Waals surface area contributed by atoms with E-state index in [1.165, 1.54) is 0 Å². The summed E-state index contributed by atoms with van der Waals surface area (Å²) in [5, 5.41) is 26.7. The van der Waals surface area contributed by atoms with Gasteiger partial charge in [-0.05, 0) is 61.4 Å². The minimum atomic E-state index is -3.90. The van der Waals surface area contributed by atoms with Gasteiger partial charge in [0.25, 0.3) is 10.2 Å². The summed E-state index contributed by atoms with van der Waals surface area (Å²) < 4.78 is 31.3. The summed E-state index contributed by atoms with van der Waals surface area (Å²) in [4.78, 5) is 9.09. The van der Waals surface area contributed by atoms with E-state index in [0.717, 1.165) is 15.4 Å². The predicted molar refractivity (Wildman–Crippen MR) is 124 cm³/mol. The van der Waals surface area contributed by atoms with Gasteiger partial charge in [-0.3, -0.25) is 0 Å². The number of ether oxygens (including phenoxy) is 1. The molecule has 3 aromatic rings. The molecule has 0 atom stereocenters. The molecule has 34 heavy (non-hydrogen) atoms. The molecule has 1 aliphatic rings. The molecule has 10 nitrogen and oxygen atoms in total. The van der Waals surface area contributed by atoms with Gasteiger partial charge in [0.15, 0.2) is 0 Å². The second-order valence-electron chi connectivity index (χ2n) is 7.87. The molecule has 0 unspecified atom stereocenters. The fraction of sp³-hybridized carbons (Fsp3) is 0.217. The van der Waals surface area contributed by atoms with Crippen LogP contribution in [-0.4, -0.2) is 29.2 Å². The maximum atomic E-state index is 12.0. The first kappa shape index (κ1) is 23.1. The van der Waals surface area contributed by atoms with Gasteiger partial charge in [0.05, 0.1) is 34.5 Å². The molecule has 0 saturated heterocycles. The van der Waals surface area contributed by atoms with Crippen LogP contribution in [0.2, 0.25) is 0 Å². The van der Waals surface area contributed by atoms with Crippen molar-refractivity contribution in [2.45, 2.75) is 26.8 Å². The molecular formula is C23H21N7O3S. The Labute approximate surface area is 197 Å². The van der Waals surface area contributed by atoms with Gasteiger partial charge >= 0.3 is 0 Å². The van der Waals surface area contributed by atoms with Gasteiger partial charge in [0.2, 0.25) is 11.8 Å². The third kappa shape index (κ3) is 4.82. The highest BCUT2D eigenvalue weighted by Gasteiger charge is 2.29. The van der Waals surface area contributed by atoms with Crippen LogP contribution < -0.4 is 15.2 Å². The Morgan fingerprint density at radius 2 is 1.71 bits per heavy atom. The minimum Gasteiger partial charge on any atom is -0.438 e. The number of benzene rings is 2. The first-order valence-corrected chi connectivity index (χ1v) is 11.8. The number of anilines is 2. The lowest BCUT2D eigenvalue weighted by Gasteiger charge is -2.27. The summed E-state index contributed by atoms with van der Waals surface area (Å²) in [6.07, 6.45) is 0.331. The molecule has 0 spiro atoms. The number of nitrogens with zero attached hydrogens (tertiary/aromatic N) is 5. The van der Waals surface area contributed by atoms with Gasteiger partial charge in [-0.2, -0.15) is 28.2 Å². The number of nitrogens with one attached hydrogen (secondary N) is 1. The second-order valence-corrected chi connectivity index (χ2v) is 9.42. The fourth-order valence-electron chi connectivity index (χ4n) is 3.75. The average Bonchev–Trinajstić information content (AvgIpc) is 2.80. The number of nitrogens with two attached hydrogens (primary N) is 1. The summed E-state index contributed by atoms with van der Waals surface area (Å²) in [7, 11) is -3.90. The average molecular weight is 476 g/mol. The van der Waals surface area contributed by atoms with Crippen LogP contribution in [0.1, 0.15) is 33.5 Å². The number of fused-ring (bicyclic) bond motifs is 1. The van der Waals surface area contributed by atoms with Crippen LogP contribution in [0.5, 0.6) is 11.6 Å². The van der Waals surface area contributed by atoms with Crippen molar-refractivity contribution in [1.82, 2.24) is 14.3 Å². The molecule has 2 aromatic carbocycles. The second kappa shape index (κ2) is 9.08. The van der Waals surface area contributed by atoms with Crippen molar-refractivity contribution < 1.29 is 13.2 Å².